The molecule has 3 rings (SSSR count). The van der Waals surface area contributed by atoms with Gasteiger partial charge >= 0.3 is 0 Å². The summed E-state index contributed by atoms with van der Waals surface area (Å²) in [4.78, 5) is 6.86. The number of guanidine groups is 1. The Morgan fingerprint density at radius 2 is 1.78 bits per heavy atom. The van der Waals surface area contributed by atoms with Crippen molar-refractivity contribution in [3.05, 3.63) is 65.7 Å². The Labute approximate surface area is 211 Å². The van der Waals surface area contributed by atoms with Crippen LogP contribution in [0.4, 0.5) is 0 Å². The molecule has 0 saturated carbocycles. The third-order valence-electron chi connectivity index (χ3n) is 5.56. The Morgan fingerprint density at radius 3 is 2.47 bits per heavy atom. The van der Waals surface area contributed by atoms with Crippen molar-refractivity contribution < 1.29 is 8.95 Å². The number of methoxy groups -OCH3 is 1. The molecule has 0 aromatic heterocycles. The highest BCUT2D eigenvalue weighted by Gasteiger charge is 2.26. The number of likely N-dealkylation sites (tertiary alicyclic amines) is 1. The van der Waals surface area contributed by atoms with Crippen molar-refractivity contribution in [1.29, 1.82) is 0 Å². The normalized spacial score (nSPS) is 16.1. The van der Waals surface area contributed by atoms with E-state index in [1.165, 1.54) is 18.4 Å². The number of rotatable bonds is 10. The first-order valence-corrected chi connectivity index (χ1v) is 12.4. The van der Waals surface area contributed by atoms with Crippen LogP contribution in [-0.4, -0.2) is 61.2 Å². The van der Waals surface area contributed by atoms with Gasteiger partial charge in [-0.15, -0.1) is 24.0 Å². The Balaban J connectivity index is 0.00000363. The van der Waals surface area contributed by atoms with Crippen LogP contribution < -0.4 is 15.4 Å². The molecule has 0 spiro atoms. The highest BCUT2D eigenvalue weighted by molar-refractivity contribution is 14.0. The molecule has 176 valence electrons. The molecule has 1 saturated heterocycles. The lowest BCUT2D eigenvalue weighted by molar-refractivity contribution is 0.239. The lowest BCUT2D eigenvalue weighted by atomic mass is 10.0. The summed E-state index contributed by atoms with van der Waals surface area (Å²) in [6.45, 7) is 3.53. The fourth-order valence-electron chi connectivity index (χ4n) is 3.96. The predicted octanol–water partition coefficient (Wildman–Crippen LogP) is 3.56. The monoisotopic (exact) mass is 570 g/mol. The van der Waals surface area contributed by atoms with Gasteiger partial charge in [0.15, 0.2) is 5.96 Å². The van der Waals surface area contributed by atoms with Crippen molar-refractivity contribution in [3.63, 3.8) is 0 Å². The summed E-state index contributed by atoms with van der Waals surface area (Å²) in [5.74, 6) is 2.81. The molecule has 2 aromatic carbocycles. The lowest BCUT2D eigenvalue weighted by Gasteiger charge is -2.30. The zero-order valence-electron chi connectivity index (χ0n) is 19.0. The van der Waals surface area contributed by atoms with Crippen LogP contribution in [0.5, 0.6) is 5.75 Å². The van der Waals surface area contributed by atoms with Gasteiger partial charge in [0, 0.05) is 48.0 Å². The topological polar surface area (TPSA) is 66.0 Å². The van der Waals surface area contributed by atoms with E-state index in [-0.39, 0.29) is 30.0 Å². The van der Waals surface area contributed by atoms with E-state index in [0.717, 1.165) is 36.9 Å². The highest BCUT2D eigenvalue weighted by atomic mass is 127. The smallest absolute Gasteiger partial charge is 0.191 e. The van der Waals surface area contributed by atoms with E-state index >= 15 is 0 Å². The van der Waals surface area contributed by atoms with Gasteiger partial charge in [0.25, 0.3) is 0 Å². The number of nitrogens with zero attached hydrogens (tertiary/aromatic N) is 2. The first-order chi connectivity index (χ1) is 15.2. The number of benzene rings is 2. The molecule has 1 heterocycles. The maximum absolute atomic E-state index is 12.4. The molecule has 1 fully saturated rings. The quantitative estimate of drug-likeness (QED) is 0.260. The van der Waals surface area contributed by atoms with Crippen LogP contribution in [0.15, 0.2) is 59.6 Å². The van der Waals surface area contributed by atoms with Gasteiger partial charge < -0.3 is 15.4 Å². The van der Waals surface area contributed by atoms with Crippen molar-refractivity contribution in [2.45, 2.75) is 24.6 Å². The zero-order chi connectivity index (χ0) is 21.9. The van der Waals surface area contributed by atoms with Crippen LogP contribution in [0.1, 0.15) is 30.0 Å². The van der Waals surface area contributed by atoms with E-state index in [1.54, 1.807) is 14.2 Å². The van der Waals surface area contributed by atoms with Gasteiger partial charge in [-0.1, -0.05) is 48.5 Å². The lowest BCUT2D eigenvalue weighted by Crippen LogP contribution is -2.43. The Morgan fingerprint density at radius 1 is 1.09 bits per heavy atom. The van der Waals surface area contributed by atoms with Crippen molar-refractivity contribution in [2.24, 2.45) is 4.99 Å². The molecule has 8 heteroatoms. The SMILES string of the molecule is CN=C(NCCS(=O)Cc1ccccc1)NCC(c1ccccc1OC)N1CCCC1.I. The number of hydrogen-bond donors (Lipinski definition) is 2. The molecule has 2 atom stereocenters. The molecule has 0 aliphatic carbocycles. The molecular weight excluding hydrogens is 535 g/mol. The Bertz CT molecular complexity index is 860. The summed E-state index contributed by atoms with van der Waals surface area (Å²) in [5.41, 5.74) is 2.30. The van der Waals surface area contributed by atoms with E-state index in [4.69, 9.17) is 4.74 Å². The third-order valence-corrected chi connectivity index (χ3v) is 6.87. The van der Waals surface area contributed by atoms with Gasteiger partial charge in [-0.3, -0.25) is 14.1 Å². The minimum Gasteiger partial charge on any atom is -0.496 e. The average Bonchev–Trinajstić information content (AvgIpc) is 3.33. The minimum absolute atomic E-state index is 0. The first-order valence-electron chi connectivity index (χ1n) is 10.9. The fourth-order valence-corrected chi connectivity index (χ4v) is 5.00. The Kier molecular flexibility index (Phi) is 12.0. The fraction of sp³-hybridized carbons (Fsp3) is 0.458. The molecular formula is C24H35IN4O2S. The van der Waals surface area contributed by atoms with E-state index in [2.05, 4.69) is 32.7 Å². The molecule has 1 aliphatic heterocycles. The number of aliphatic imine (C=N–C) groups is 1. The van der Waals surface area contributed by atoms with Gasteiger partial charge in [0.2, 0.25) is 0 Å². The van der Waals surface area contributed by atoms with Crippen LogP contribution in [0.3, 0.4) is 0 Å². The third kappa shape index (κ3) is 8.04. The summed E-state index contributed by atoms with van der Waals surface area (Å²) in [5, 5.41) is 6.77. The molecule has 1 aliphatic rings. The van der Waals surface area contributed by atoms with E-state index in [1.807, 2.05) is 42.5 Å². The van der Waals surface area contributed by atoms with E-state index in [9.17, 15) is 4.21 Å². The highest BCUT2D eigenvalue weighted by Crippen LogP contribution is 2.31. The minimum atomic E-state index is -0.908. The molecule has 6 nitrogen and oxygen atoms in total. The zero-order valence-corrected chi connectivity index (χ0v) is 22.1. The van der Waals surface area contributed by atoms with Crippen molar-refractivity contribution in [2.75, 3.05) is 46.1 Å². The second kappa shape index (κ2) is 14.5. The van der Waals surface area contributed by atoms with Crippen LogP contribution in [-0.2, 0) is 16.6 Å². The molecule has 0 amide bonds. The predicted molar refractivity (Wildman–Crippen MR) is 144 cm³/mol. The Hall–Kier alpha value is -1.65. The van der Waals surface area contributed by atoms with Gasteiger partial charge in [-0.25, -0.2) is 0 Å². The van der Waals surface area contributed by atoms with Crippen LogP contribution in [0, 0.1) is 0 Å². The van der Waals surface area contributed by atoms with Crippen LogP contribution in [0.25, 0.3) is 0 Å². The standard InChI is InChI=1S/C24H34N4O2S.HI/c1-25-24(26-14-17-31(29)19-20-10-4-3-5-11-20)27-18-22(28-15-8-9-16-28)21-12-6-7-13-23(21)30-2;/h3-7,10-13,22H,8-9,14-19H2,1-2H3,(H2,25,26,27);1H. The van der Waals surface area contributed by atoms with Crippen LogP contribution in [0.2, 0.25) is 0 Å². The second-order valence-corrected chi connectivity index (χ2v) is 9.23. The number of para-hydroxylation sites is 1. The van der Waals surface area contributed by atoms with Gasteiger partial charge in [-0.2, -0.15) is 0 Å². The molecule has 2 unspecified atom stereocenters. The maximum atomic E-state index is 12.4. The second-order valence-electron chi connectivity index (χ2n) is 7.65. The van der Waals surface area contributed by atoms with Gasteiger partial charge in [0.1, 0.15) is 5.75 Å². The molecule has 2 N–H and O–H groups in total. The summed E-state index contributed by atoms with van der Waals surface area (Å²) >= 11 is 0. The first kappa shape index (κ1) is 26.6. The van der Waals surface area contributed by atoms with Gasteiger partial charge in [0.05, 0.1) is 13.2 Å². The largest absolute Gasteiger partial charge is 0.496 e. The summed E-state index contributed by atoms with van der Waals surface area (Å²) in [7, 11) is 2.59. The number of halogens is 1. The molecule has 2 aromatic rings. The van der Waals surface area contributed by atoms with Crippen LogP contribution >= 0.6 is 24.0 Å². The molecule has 32 heavy (non-hydrogen) atoms. The van der Waals surface area contributed by atoms with E-state index in [0.29, 0.717) is 18.1 Å². The molecule has 0 bridgehead atoms. The average molecular weight is 571 g/mol. The van der Waals surface area contributed by atoms with E-state index < -0.39 is 10.8 Å². The number of nitrogens with one attached hydrogen (secondary N) is 2. The summed E-state index contributed by atoms with van der Waals surface area (Å²) in [6, 6.07) is 18.4. The van der Waals surface area contributed by atoms with Crippen molar-refractivity contribution in [3.8, 4) is 5.75 Å². The summed E-state index contributed by atoms with van der Waals surface area (Å²) < 4.78 is 18.0. The number of ether oxygens (including phenoxy) is 1. The summed E-state index contributed by atoms with van der Waals surface area (Å²) in [6.07, 6.45) is 2.46. The van der Waals surface area contributed by atoms with Crippen molar-refractivity contribution >= 4 is 40.7 Å². The van der Waals surface area contributed by atoms with Gasteiger partial charge in [-0.05, 0) is 37.6 Å². The molecule has 0 radical (unpaired) electrons. The number of hydrogen-bond acceptors (Lipinski definition) is 4. The van der Waals surface area contributed by atoms with Crippen molar-refractivity contribution in [1.82, 2.24) is 15.5 Å². The maximum Gasteiger partial charge on any atom is 0.191 e.